The number of carbonyl (C=O) groups excluding carboxylic acids is 2. The van der Waals surface area contributed by atoms with Crippen LogP contribution in [0, 0.1) is 0 Å². The van der Waals surface area contributed by atoms with Crippen LogP contribution < -0.4 is 10.6 Å². The molecule has 2 N–H and O–H groups in total. The minimum Gasteiger partial charge on any atom is -0.354 e. The van der Waals surface area contributed by atoms with E-state index in [0.29, 0.717) is 19.3 Å². The number of hydrogen-bond acceptors (Lipinski definition) is 2. The van der Waals surface area contributed by atoms with Gasteiger partial charge in [-0.3, -0.25) is 9.59 Å². The summed E-state index contributed by atoms with van der Waals surface area (Å²) in [7, 11) is 0. The molecule has 0 heterocycles. The van der Waals surface area contributed by atoms with Gasteiger partial charge in [0.05, 0.1) is 0 Å². The average molecular weight is 395 g/mol. The highest BCUT2D eigenvalue weighted by Crippen LogP contribution is 2.07. The molecule has 0 saturated carbocycles. The summed E-state index contributed by atoms with van der Waals surface area (Å²) < 4.78 is 0. The van der Waals surface area contributed by atoms with Gasteiger partial charge in [0.25, 0.3) is 0 Å². The first kappa shape index (κ1) is 22.7. The summed E-state index contributed by atoms with van der Waals surface area (Å²) >= 11 is 0. The highest BCUT2D eigenvalue weighted by molar-refractivity contribution is 5.79. The third-order valence-electron chi connectivity index (χ3n) is 5.04. The highest BCUT2D eigenvalue weighted by Gasteiger charge is 2.11. The summed E-state index contributed by atoms with van der Waals surface area (Å²) in [5.41, 5.74) is 2.57. The van der Waals surface area contributed by atoms with Gasteiger partial charge in [-0.2, -0.15) is 0 Å². The number of nitrogens with one attached hydrogen (secondary N) is 2. The molecule has 0 aliphatic carbocycles. The standard InChI is InChI=1S/C25H34N2O2/c1-20(16-18-22-10-5-3-6-11-22)26-24(28)14-9-15-25(29)27-21(2)17-19-23-12-7-4-8-13-23/h3-8,10-13,20-21H,9,14-19H2,1-2H3,(H,26,28)(H,27,29). The molecule has 0 radical (unpaired) electrons. The lowest BCUT2D eigenvalue weighted by Gasteiger charge is -2.15. The van der Waals surface area contributed by atoms with E-state index in [-0.39, 0.29) is 23.9 Å². The SMILES string of the molecule is CC(CCc1ccccc1)NC(=O)CCCC(=O)NC(C)CCc1ccccc1. The van der Waals surface area contributed by atoms with Crippen LogP contribution in [0.15, 0.2) is 60.7 Å². The van der Waals surface area contributed by atoms with Crippen molar-refractivity contribution in [2.24, 2.45) is 0 Å². The zero-order valence-corrected chi connectivity index (χ0v) is 17.7. The molecule has 2 rings (SSSR count). The van der Waals surface area contributed by atoms with Crippen LogP contribution in [0.5, 0.6) is 0 Å². The summed E-state index contributed by atoms with van der Waals surface area (Å²) in [6, 6.07) is 20.8. The molecule has 29 heavy (non-hydrogen) atoms. The Morgan fingerprint density at radius 1 is 0.690 bits per heavy atom. The molecule has 0 aliphatic rings. The summed E-state index contributed by atoms with van der Waals surface area (Å²) in [5.74, 6) is 0.0472. The van der Waals surface area contributed by atoms with E-state index in [2.05, 4.69) is 34.9 Å². The second kappa shape index (κ2) is 12.8. The monoisotopic (exact) mass is 394 g/mol. The van der Waals surface area contributed by atoms with Crippen molar-refractivity contribution in [2.45, 2.75) is 70.9 Å². The molecule has 2 atom stereocenters. The van der Waals surface area contributed by atoms with Gasteiger partial charge in [-0.25, -0.2) is 0 Å². The topological polar surface area (TPSA) is 58.2 Å². The Morgan fingerprint density at radius 3 is 1.45 bits per heavy atom. The van der Waals surface area contributed by atoms with Gasteiger partial charge < -0.3 is 10.6 Å². The summed E-state index contributed by atoms with van der Waals surface area (Å²) in [4.78, 5) is 24.2. The number of carbonyl (C=O) groups is 2. The third-order valence-corrected chi connectivity index (χ3v) is 5.04. The maximum atomic E-state index is 12.1. The quantitative estimate of drug-likeness (QED) is 0.559. The molecular weight excluding hydrogens is 360 g/mol. The zero-order valence-electron chi connectivity index (χ0n) is 17.7. The summed E-state index contributed by atoms with van der Waals surface area (Å²) in [5, 5.41) is 6.06. The molecule has 4 heteroatoms. The van der Waals surface area contributed by atoms with Crippen LogP contribution in [-0.4, -0.2) is 23.9 Å². The van der Waals surface area contributed by atoms with E-state index in [9.17, 15) is 9.59 Å². The number of aryl methyl sites for hydroxylation is 2. The van der Waals surface area contributed by atoms with Gasteiger partial charge >= 0.3 is 0 Å². The van der Waals surface area contributed by atoms with E-state index in [1.165, 1.54) is 11.1 Å². The van der Waals surface area contributed by atoms with Gasteiger partial charge in [-0.05, 0) is 57.1 Å². The third kappa shape index (κ3) is 9.93. The number of hydrogen-bond donors (Lipinski definition) is 2. The first-order valence-electron chi connectivity index (χ1n) is 10.7. The summed E-state index contributed by atoms with van der Waals surface area (Å²) in [6.07, 6.45) is 5.08. The lowest BCUT2D eigenvalue weighted by molar-refractivity contribution is -0.123. The van der Waals surface area contributed by atoms with Crippen LogP contribution in [0.25, 0.3) is 0 Å². The molecule has 0 aliphatic heterocycles. The minimum absolute atomic E-state index is 0.0236. The van der Waals surface area contributed by atoms with Gasteiger partial charge in [0.1, 0.15) is 0 Å². The first-order valence-corrected chi connectivity index (χ1v) is 10.7. The minimum atomic E-state index is 0.0236. The van der Waals surface area contributed by atoms with E-state index in [0.717, 1.165) is 25.7 Å². The molecule has 0 aromatic heterocycles. The lowest BCUT2D eigenvalue weighted by atomic mass is 10.1. The molecule has 4 nitrogen and oxygen atoms in total. The Labute approximate surface area is 175 Å². The van der Waals surface area contributed by atoms with E-state index in [1.54, 1.807) is 0 Å². The van der Waals surface area contributed by atoms with Gasteiger partial charge in [-0.1, -0.05) is 60.7 Å². The van der Waals surface area contributed by atoms with Gasteiger partial charge in [-0.15, -0.1) is 0 Å². The largest absolute Gasteiger partial charge is 0.354 e. The van der Waals surface area contributed by atoms with E-state index in [4.69, 9.17) is 0 Å². The van der Waals surface area contributed by atoms with Crippen LogP contribution in [0.3, 0.4) is 0 Å². The van der Waals surface area contributed by atoms with Crippen molar-refractivity contribution < 1.29 is 9.59 Å². The highest BCUT2D eigenvalue weighted by atomic mass is 16.2. The van der Waals surface area contributed by atoms with Gasteiger partial charge in [0, 0.05) is 24.9 Å². The fraction of sp³-hybridized carbons (Fsp3) is 0.440. The fourth-order valence-electron chi connectivity index (χ4n) is 3.30. The Morgan fingerprint density at radius 2 is 1.07 bits per heavy atom. The zero-order chi connectivity index (χ0) is 20.9. The van der Waals surface area contributed by atoms with E-state index < -0.39 is 0 Å². The normalized spacial score (nSPS) is 12.8. The predicted molar refractivity (Wildman–Crippen MR) is 119 cm³/mol. The van der Waals surface area contributed by atoms with Crippen LogP contribution >= 0.6 is 0 Å². The van der Waals surface area contributed by atoms with Crippen molar-refractivity contribution >= 4 is 11.8 Å². The predicted octanol–water partition coefficient (Wildman–Crippen LogP) is 4.43. The molecule has 156 valence electrons. The fourth-order valence-corrected chi connectivity index (χ4v) is 3.30. The average Bonchev–Trinajstić information content (AvgIpc) is 2.72. The number of benzene rings is 2. The number of rotatable bonds is 12. The van der Waals surface area contributed by atoms with Crippen molar-refractivity contribution in [3.8, 4) is 0 Å². The van der Waals surface area contributed by atoms with Gasteiger partial charge in [0.2, 0.25) is 11.8 Å². The maximum Gasteiger partial charge on any atom is 0.220 e. The molecule has 0 fully saturated rings. The van der Waals surface area contributed by atoms with E-state index >= 15 is 0 Å². The van der Waals surface area contributed by atoms with Crippen LogP contribution in [0.1, 0.15) is 57.1 Å². The van der Waals surface area contributed by atoms with Crippen molar-refractivity contribution in [3.63, 3.8) is 0 Å². The Balaban J connectivity index is 1.54. The molecule has 0 saturated heterocycles. The molecular formula is C25H34N2O2. The summed E-state index contributed by atoms with van der Waals surface area (Å²) in [6.45, 7) is 4.06. The van der Waals surface area contributed by atoms with Crippen LogP contribution in [0.2, 0.25) is 0 Å². The maximum absolute atomic E-state index is 12.1. The van der Waals surface area contributed by atoms with Crippen molar-refractivity contribution in [1.29, 1.82) is 0 Å². The van der Waals surface area contributed by atoms with Gasteiger partial charge in [0.15, 0.2) is 0 Å². The molecule has 0 bridgehead atoms. The van der Waals surface area contributed by atoms with Crippen molar-refractivity contribution in [3.05, 3.63) is 71.8 Å². The van der Waals surface area contributed by atoms with Crippen LogP contribution in [0.4, 0.5) is 0 Å². The Bertz CT molecular complexity index is 668. The molecule has 0 spiro atoms. The van der Waals surface area contributed by atoms with Crippen LogP contribution in [-0.2, 0) is 22.4 Å². The molecule has 2 aromatic carbocycles. The second-order valence-corrected chi connectivity index (χ2v) is 7.84. The Kier molecular flexibility index (Phi) is 9.98. The smallest absolute Gasteiger partial charge is 0.220 e. The van der Waals surface area contributed by atoms with Crippen molar-refractivity contribution in [2.75, 3.05) is 0 Å². The first-order chi connectivity index (χ1) is 14.0. The molecule has 2 aromatic rings. The molecule has 2 amide bonds. The van der Waals surface area contributed by atoms with E-state index in [1.807, 2.05) is 50.2 Å². The lowest BCUT2D eigenvalue weighted by Crippen LogP contribution is -2.34. The second-order valence-electron chi connectivity index (χ2n) is 7.84. The number of amides is 2. The van der Waals surface area contributed by atoms with Crippen molar-refractivity contribution in [1.82, 2.24) is 10.6 Å². The molecule has 2 unspecified atom stereocenters. The Hall–Kier alpha value is -2.62.